The van der Waals surface area contributed by atoms with E-state index in [1.807, 2.05) is 19.9 Å². The predicted octanol–water partition coefficient (Wildman–Crippen LogP) is 4.93. The van der Waals surface area contributed by atoms with E-state index in [1.165, 1.54) is 0 Å². The zero-order valence-electron chi connectivity index (χ0n) is 19.4. The molecule has 0 aromatic heterocycles. The molecule has 6 nitrogen and oxygen atoms in total. The first kappa shape index (κ1) is 24.0. The third kappa shape index (κ3) is 4.44. The van der Waals surface area contributed by atoms with Crippen molar-refractivity contribution in [3.63, 3.8) is 0 Å². The van der Waals surface area contributed by atoms with Crippen LogP contribution < -0.4 is 10.6 Å². The lowest BCUT2D eigenvalue weighted by atomic mass is 10.1. The van der Waals surface area contributed by atoms with Crippen LogP contribution in [0.1, 0.15) is 56.2 Å². The highest BCUT2D eigenvalue weighted by Crippen LogP contribution is 2.42. The van der Waals surface area contributed by atoms with E-state index >= 15 is 0 Å². The number of carbonyl (C=O) groups is 2. The standard InChI is InChI=1S/C25H32N2O4S/c1-16(2)23(28)26-20-11-10-18(4)21(15-20)27-24(29)25(12-6-7-13-25)32(30,31)22-14-17(3)8-9-19(22)5/h8-11,14-16H,6-7,12-13H2,1-5H3,(H,26,28)(H,27,29). The van der Waals surface area contributed by atoms with Gasteiger partial charge in [-0.25, -0.2) is 8.42 Å². The number of benzene rings is 2. The minimum atomic E-state index is -3.91. The minimum absolute atomic E-state index is 0.129. The smallest absolute Gasteiger partial charge is 0.246 e. The summed E-state index contributed by atoms with van der Waals surface area (Å²) in [5, 5.41) is 5.70. The molecule has 2 aromatic carbocycles. The van der Waals surface area contributed by atoms with Crippen LogP contribution in [-0.2, 0) is 19.4 Å². The zero-order chi connectivity index (χ0) is 23.7. The van der Waals surface area contributed by atoms with Gasteiger partial charge in [-0.1, -0.05) is 44.9 Å². The number of nitrogens with one attached hydrogen (secondary N) is 2. The number of aryl methyl sites for hydroxylation is 3. The number of hydrogen-bond acceptors (Lipinski definition) is 4. The fourth-order valence-electron chi connectivity index (χ4n) is 4.13. The average molecular weight is 457 g/mol. The summed E-state index contributed by atoms with van der Waals surface area (Å²) in [4.78, 5) is 25.9. The van der Waals surface area contributed by atoms with E-state index in [0.717, 1.165) is 11.1 Å². The molecule has 2 aromatic rings. The molecule has 2 amide bonds. The maximum absolute atomic E-state index is 13.8. The summed E-state index contributed by atoms with van der Waals surface area (Å²) in [5.41, 5.74) is 3.33. The maximum atomic E-state index is 13.8. The third-order valence-electron chi connectivity index (χ3n) is 6.25. The molecule has 3 rings (SSSR count). The Hall–Kier alpha value is -2.67. The molecule has 0 bridgehead atoms. The summed E-state index contributed by atoms with van der Waals surface area (Å²) < 4.78 is 26.1. The van der Waals surface area contributed by atoms with Crippen LogP contribution >= 0.6 is 0 Å². The van der Waals surface area contributed by atoms with Crippen LogP contribution in [0.25, 0.3) is 0 Å². The van der Waals surface area contributed by atoms with E-state index < -0.39 is 20.5 Å². The molecule has 0 saturated heterocycles. The molecule has 1 fully saturated rings. The second-order valence-corrected chi connectivity index (χ2v) is 11.3. The molecule has 2 N–H and O–H groups in total. The van der Waals surface area contributed by atoms with Crippen molar-refractivity contribution in [1.29, 1.82) is 0 Å². The van der Waals surface area contributed by atoms with Crippen LogP contribution in [-0.4, -0.2) is 25.0 Å². The van der Waals surface area contributed by atoms with Crippen molar-refractivity contribution >= 4 is 33.0 Å². The normalized spacial score (nSPS) is 15.6. The molecule has 1 saturated carbocycles. The summed E-state index contributed by atoms with van der Waals surface area (Å²) >= 11 is 0. The lowest BCUT2D eigenvalue weighted by Gasteiger charge is -2.29. The summed E-state index contributed by atoms with van der Waals surface area (Å²) in [5.74, 6) is -0.818. The molecule has 1 aliphatic rings. The molecule has 7 heteroatoms. The second-order valence-electron chi connectivity index (χ2n) is 9.10. The van der Waals surface area contributed by atoms with Crippen LogP contribution in [0.2, 0.25) is 0 Å². The van der Waals surface area contributed by atoms with Gasteiger partial charge in [-0.15, -0.1) is 0 Å². The van der Waals surface area contributed by atoms with Gasteiger partial charge in [-0.3, -0.25) is 9.59 Å². The fraction of sp³-hybridized carbons (Fsp3) is 0.440. The van der Waals surface area contributed by atoms with Crippen LogP contribution in [0, 0.1) is 26.7 Å². The average Bonchev–Trinajstić information content (AvgIpc) is 3.24. The van der Waals surface area contributed by atoms with Crippen LogP contribution in [0.15, 0.2) is 41.3 Å². The molecule has 172 valence electrons. The van der Waals surface area contributed by atoms with Crippen LogP contribution in [0.4, 0.5) is 11.4 Å². The Kier molecular flexibility index (Phi) is 6.79. The van der Waals surface area contributed by atoms with E-state index in [2.05, 4.69) is 10.6 Å². The molecule has 0 atom stereocenters. The van der Waals surface area contributed by atoms with E-state index in [-0.39, 0.29) is 29.6 Å². The van der Waals surface area contributed by atoms with Gasteiger partial charge in [0.1, 0.15) is 0 Å². The molecule has 0 heterocycles. The van der Waals surface area contributed by atoms with Gasteiger partial charge < -0.3 is 10.6 Å². The van der Waals surface area contributed by atoms with Crippen LogP contribution in [0.5, 0.6) is 0 Å². The van der Waals surface area contributed by atoms with Crippen molar-refractivity contribution in [2.45, 2.75) is 69.9 Å². The quantitative estimate of drug-likeness (QED) is 0.644. The highest BCUT2D eigenvalue weighted by atomic mass is 32.2. The van der Waals surface area contributed by atoms with Crippen molar-refractivity contribution in [3.05, 3.63) is 53.1 Å². The van der Waals surface area contributed by atoms with E-state index in [1.54, 1.807) is 51.1 Å². The van der Waals surface area contributed by atoms with E-state index in [9.17, 15) is 18.0 Å². The van der Waals surface area contributed by atoms with E-state index in [0.29, 0.717) is 29.8 Å². The number of anilines is 2. The van der Waals surface area contributed by atoms with Gasteiger partial charge in [0, 0.05) is 17.3 Å². The first-order valence-electron chi connectivity index (χ1n) is 11.0. The molecule has 0 unspecified atom stereocenters. The monoisotopic (exact) mass is 456 g/mol. The van der Waals surface area contributed by atoms with Crippen LogP contribution in [0.3, 0.4) is 0 Å². The largest absolute Gasteiger partial charge is 0.326 e. The highest BCUT2D eigenvalue weighted by molar-refractivity contribution is 7.93. The first-order valence-corrected chi connectivity index (χ1v) is 12.5. The Bertz CT molecular complexity index is 1150. The Morgan fingerprint density at radius 1 is 0.906 bits per heavy atom. The third-order valence-corrected chi connectivity index (χ3v) is 8.89. The topological polar surface area (TPSA) is 92.3 Å². The van der Waals surface area contributed by atoms with Gasteiger partial charge in [-0.05, 0) is 68.5 Å². The minimum Gasteiger partial charge on any atom is -0.326 e. The first-order chi connectivity index (χ1) is 15.0. The van der Waals surface area contributed by atoms with Gasteiger partial charge in [0.15, 0.2) is 14.6 Å². The van der Waals surface area contributed by atoms with Gasteiger partial charge in [-0.2, -0.15) is 0 Å². The van der Waals surface area contributed by atoms with Crippen molar-refractivity contribution in [1.82, 2.24) is 0 Å². The Labute approximate surface area is 190 Å². The van der Waals surface area contributed by atoms with Crippen molar-refractivity contribution in [2.24, 2.45) is 5.92 Å². The number of carbonyl (C=O) groups excluding carboxylic acids is 2. The summed E-state index contributed by atoms with van der Waals surface area (Å²) in [6.45, 7) is 9.05. The van der Waals surface area contributed by atoms with Crippen molar-refractivity contribution in [2.75, 3.05) is 10.6 Å². The number of rotatable bonds is 6. The molecule has 0 aliphatic heterocycles. The second kappa shape index (κ2) is 9.06. The maximum Gasteiger partial charge on any atom is 0.246 e. The SMILES string of the molecule is Cc1ccc(C)c(S(=O)(=O)C2(C(=O)Nc3cc(NC(=O)C(C)C)ccc3C)CCCC2)c1. The summed E-state index contributed by atoms with van der Waals surface area (Å²) in [6.07, 6.45) is 1.94. The molecule has 32 heavy (non-hydrogen) atoms. The summed E-state index contributed by atoms with van der Waals surface area (Å²) in [7, 11) is -3.91. The predicted molar refractivity (Wildman–Crippen MR) is 128 cm³/mol. The van der Waals surface area contributed by atoms with E-state index in [4.69, 9.17) is 0 Å². The number of sulfone groups is 1. The molecule has 0 spiro atoms. The van der Waals surface area contributed by atoms with Crippen molar-refractivity contribution < 1.29 is 18.0 Å². The van der Waals surface area contributed by atoms with Gasteiger partial charge >= 0.3 is 0 Å². The Balaban J connectivity index is 1.98. The lowest BCUT2D eigenvalue weighted by molar-refractivity contribution is -0.119. The van der Waals surface area contributed by atoms with Crippen molar-refractivity contribution in [3.8, 4) is 0 Å². The molecule has 0 radical (unpaired) electrons. The highest BCUT2D eigenvalue weighted by Gasteiger charge is 2.53. The fourth-order valence-corrected chi connectivity index (χ4v) is 6.50. The van der Waals surface area contributed by atoms with Gasteiger partial charge in [0.05, 0.1) is 4.90 Å². The number of hydrogen-bond donors (Lipinski definition) is 2. The lowest BCUT2D eigenvalue weighted by Crippen LogP contribution is -2.47. The Morgan fingerprint density at radius 2 is 1.53 bits per heavy atom. The molecular formula is C25H32N2O4S. The molecular weight excluding hydrogens is 424 g/mol. The Morgan fingerprint density at radius 3 is 2.16 bits per heavy atom. The zero-order valence-corrected chi connectivity index (χ0v) is 20.2. The van der Waals surface area contributed by atoms with Gasteiger partial charge in [0.25, 0.3) is 0 Å². The molecule has 1 aliphatic carbocycles. The summed E-state index contributed by atoms with van der Waals surface area (Å²) in [6, 6.07) is 10.6. The number of amides is 2. The van der Waals surface area contributed by atoms with Gasteiger partial charge in [0.2, 0.25) is 11.8 Å².